The number of H-pyrrole nitrogens is 1. The zero-order chi connectivity index (χ0) is 7.68. The minimum atomic E-state index is 0.494. The highest BCUT2D eigenvalue weighted by Crippen LogP contribution is 2.17. The molecule has 0 amide bonds. The van der Waals surface area contributed by atoms with E-state index in [0.717, 1.165) is 11.4 Å². The van der Waals surface area contributed by atoms with E-state index in [9.17, 15) is 0 Å². The number of nitrogens with zero attached hydrogens (tertiary/aromatic N) is 2. The lowest BCUT2D eigenvalue weighted by atomic mass is 10.3. The summed E-state index contributed by atoms with van der Waals surface area (Å²) in [5.41, 5.74) is 8.94. The van der Waals surface area contributed by atoms with Crippen LogP contribution in [0, 0.1) is 0 Å². The molecule has 2 aromatic rings. The molecule has 0 aliphatic rings. The largest absolute Gasteiger partial charge is 0.382 e. The van der Waals surface area contributed by atoms with Crippen molar-refractivity contribution in [2.75, 3.05) is 5.73 Å². The molecule has 2 rings (SSSR count). The Bertz CT molecular complexity index is 337. The molecule has 5 heteroatoms. The number of hydrogen-bond donors (Lipinski definition) is 2. The number of hydrogen-bond acceptors (Lipinski definition) is 4. The number of nitrogens with two attached hydrogens (primary N) is 1. The lowest BCUT2D eigenvalue weighted by molar-refractivity contribution is 1.10. The van der Waals surface area contributed by atoms with Crippen LogP contribution in [0.25, 0.3) is 11.4 Å². The average molecular weight is 166 g/mol. The maximum absolute atomic E-state index is 5.42. The van der Waals surface area contributed by atoms with E-state index in [-0.39, 0.29) is 0 Å². The monoisotopic (exact) mass is 166 g/mol. The van der Waals surface area contributed by atoms with Crippen molar-refractivity contribution in [3.63, 3.8) is 0 Å². The second kappa shape index (κ2) is 2.35. The van der Waals surface area contributed by atoms with Gasteiger partial charge in [0.2, 0.25) is 0 Å². The summed E-state index contributed by atoms with van der Waals surface area (Å²) in [5, 5.41) is 8.50. The van der Waals surface area contributed by atoms with Gasteiger partial charge in [-0.25, -0.2) is 4.98 Å². The molecule has 3 N–H and O–H groups in total. The molecular weight excluding hydrogens is 160 g/mol. The third-order valence-electron chi connectivity index (χ3n) is 1.31. The average Bonchev–Trinajstić information content (AvgIpc) is 2.55. The predicted octanol–water partition coefficient (Wildman–Crippen LogP) is 1.12. The maximum Gasteiger partial charge on any atom is 0.145 e. The number of aromatic amines is 1. The van der Waals surface area contributed by atoms with Gasteiger partial charge in [0.25, 0.3) is 0 Å². The summed E-state index contributed by atoms with van der Waals surface area (Å²) in [4.78, 5) is 4.09. The van der Waals surface area contributed by atoms with Crippen LogP contribution in [-0.4, -0.2) is 15.2 Å². The first kappa shape index (κ1) is 6.36. The normalized spacial score (nSPS) is 10.2. The fourth-order valence-electron chi connectivity index (χ4n) is 0.814. The number of thiazole rings is 1. The minimum Gasteiger partial charge on any atom is -0.382 e. The zero-order valence-corrected chi connectivity index (χ0v) is 6.43. The number of anilines is 1. The number of rotatable bonds is 1. The lowest BCUT2D eigenvalue weighted by Crippen LogP contribution is -1.81. The fraction of sp³-hybridized carbons (Fsp3) is 0. The van der Waals surface area contributed by atoms with Gasteiger partial charge in [-0.1, -0.05) is 0 Å². The quantitative estimate of drug-likeness (QED) is 0.667. The van der Waals surface area contributed by atoms with Crippen LogP contribution in [0.3, 0.4) is 0 Å². The second-order valence-electron chi connectivity index (χ2n) is 2.08. The van der Waals surface area contributed by atoms with E-state index in [1.165, 1.54) is 0 Å². The fourth-order valence-corrected chi connectivity index (χ4v) is 1.37. The summed E-state index contributed by atoms with van der Waals surface area (Å²) < 4.78 is 0. The minimum absolute atomic E-state index is 0.494. The van der Waals surface area contributed by atoms with Crippen molar-refractivity contribution < 1.29 is 0 Å². The van der Waals surface area contributed by atoms with E-state index in [0.29, 0.717) is 5.82 Å². The lowest BCUT2D eigenvalue weighted by Gasteiger charge is -1.84. The first-order chi connectivity index (χ1) is 5.36. The molecule has 0 atom stereocenters. The van der Waals surface area contributed by atoms with Gasteiger partial charge >= 0.3 is 0 Å². The highest BCUT2D eigenvalue weighted by molar-refractivity contribution is 7.07. The molecule has 56 valence electrons. The first-order valence-corrected chi connectivity index (χ1v) is 4.00. The van der Waals surface area contributed by atoms with Crippen LogP contribution >= 0.6 is 11.3 Å². The van der Waals surface area contributed by atoms with Gasteiger partial charge in [0, 0.05) is 11.4 Å². The number of nitrogen functional groups attached to an aromatic ring is 1. The van der Waals surface area contributed by atoms with Crippen molar-refractivity contribution in [1.82, 2.24) is 15.2 Å². The van der Waals surface area contributed by atoms with Crippen LogP contribution in [0.5, 0.6) is 0 Å². The van der Waals surface area contributed by atoms with E-state index in [1.54, 1.807) is 22.9 Å². The molecule has 0 aliphatic heterocycles. The highest BCUT2D eigenvalue weighted by atomic mass is 32.1. The number of nitrogens with one attached hydrogen (secondary N) is 1. The Hall–Kier alpha value is -1.36. The third-order valence-corrected chi connectivity index (χ3v) is 1.89. The summed E-state index contributed by atoms with van der Waals surface area (Å²) in [7, 11) is 0. The zero-order valence-electron chi connectivity index (χ0n) is 5.61. The van der Waals surface area contributed by atoms with Crippen molar-refractivity contribution in [2.45, 2.75) is 0 Å². The summed E-state index contributed by atoms with van der Waals surface area (Å²) >= 11 is 1.54. The van der Waals surface area contributed by atoms with Crippen LogP contribution < -0.4 is 5.73 Å². The Balaban J connectivity index is 2.45. The molecule has 0 aromatic carbocycles. The van der Waals surface area contributed by atoms with Gasteiger partial charge in [0.15, 0.2) is 0 Å². The van der Waals surface area contributed by atoms with Gasteiger partial charge in [-0.15, -0.1) is 11.3 Å². The van der Waals surface area contributed by atoms with Crippen LogP contribution in [-0.2, 0) is 0 Å². The van der Waals surface area contributed by atoms with E-state index < -0.39 is 0 Å². The summed E-state index contributed by atoms with van der Waals surface area (Å²) in [6.07, 6.45) is 0. The topological polar surface area (TPSA) is 67.6 Å². The third kappa shape index (κ3) is 1.10. The SMILES string of the molecule is Nc1cc(-c2cscn2)[nH]n1. The van der Waals surface area contributed by atoms with Gasteiger partial charge in [0.05, 0.1) is 16.9 Å². The highest BCUT2D eigenvalue weighted by Gasteiger charge is 2.01. The Morgan fingerprint density at radius 1 is 1.55 bits per heavy atom. The molecule has 0 saturated carbocycles. The molecule has 0 unspecified atom stereocenters. The Morgan fingerprint density at radius 2 is 2.45 bits per heavy atom. The summed E-state index contributed by atoms with van der Waals surface area (Å²) in [6, 6.07) is 1.76. The standard InChI is InChI=1S/C6H6N4S/c7-6-1-4(9-10-6)5-2-11-3-8-5/h1-3H,(H3,7,9,10). The summed E-state index contributed by atoms with van der Waals surface area (Å²) in [5.74, 6) is 0.494. The molecule has 0 spiro atoms. The van der Waals surface area contributed by atoms with Gasteiger partial charge < -0.3 is 5.73 Å². The Labute approximate surface area is 67.1 Å². The molecule has 0 fully saturated rings. The van der Waals surface area contributed by atoms with E-state index in [1.807, 2.05) is 5.38 Å². The Kier molecular flexibility index (Phi) is 1.36. The first-order valence-electron chi connectivity index (χ1n) is 3.06. The van der Waals surface area contributed by atoms with Crippen molar-refractivity contribution in [3.05, 3.63) is 17.0 Å². The summed E-state index contributed by atoms with van der Waals surface area (Å²) in [6.45, 7) is 0. The number of aromatic nitrogens is 3. The van der Waals surface area contributed by atoms with Crippen LogP contribution in [0.2, 0.25) is 0 Å². The molecule has 11 heavy (non-hydrogen) atoms. The van der Waals surface area contributed by atoms with E-state index in [2.05, 4.69) is 15.2 Å². The molecule has 0 bridgehead atoms. The molecule has 2 heterocycles. The molecular formula is C6H6N4S. The van der Waals surface area contributed by atoms with E-state index in [4.69, 9.17) is 5.73 Å². The molecule has 4 nitrogen and oxygen atoms in total. The van der Waals surface area contributed by atoms with Crippen molar-refractivity contribution in [2.24, 2.45) is 0 Å². The smallest absolute Gasteiger partial charge is 0.145 e. The second-order valence-corrected chi connectivity index (χ2v) is 2.80. The van der Waals surface area contributed by atoms with Gasteiger partial charge in [-0.05, 0) is 0 Å². The van der Waals surface area contributed by atoms with Gasteiger partial charge in [-0.2, -0.15) is 5.10 Å². The molecule has 0 aliphatic carbocycles. The molecule has 0 radical (unpaired) electrons. The predicted molar refractivity (Wildman–Crippen MR) is 44.1 cm³/mol. The Morgan fingerprint density at radius 3 is 3.00 bits per heavy atom. The van der Waals surface area contributed by atoms with Gasteiger partial charge in [-0.3, -0.25) is 5.10 Å². The van der Waals surface area contributed by atoms with E-state index >= 15 is 0 Å². The van der Waals surface area contributed by atoms with Gasteiger partial charge in [0.1, 0.15) is 5.82 Å². The van der Waals surface area contributed by atoms with Crippen LogP contribution in [0.15, 0.2) is 17.0 Å². The van der Waals surface area contributed by atoms with Crippen molar-refractivity contribution in [1.29, 1.82) is 0 Å². The molecule has 2 aromatic heterocycles. The van der Waals surface area contributed by atoms with Crippen molar-refractivity contribution in [3.8, 4) is 11.4 Å². The van der Waals surface area contributed by atoms with Crippen LogP contribution in [0.1, 0.15) is 0 Å². The molecule has 0 saturated heterocycles. The van der Waals surface area contributed by atoms with Crippen molar-refractivity contribution >= 4 is 17.2 Å². The van der Waals surface area contributed by atoms with Crippen LogP contribution in [0.4, 0.5) is 5.82 Å². The maximum atomic E-state index is 5.42.